The van der Waals surface area contributed by atoms with Gasteiger partial charge in [0.05, 0.1) is 11.6 Å². The Hall–Kier alpha value is -2.04. The van der Waals surface area contributed by atoms with E-state index in [1.54, 1.807) is 31.2 Å². The number of nitrogens with one attached hydrogen (secondary N) is 1. The van der Waals surface area contributed by atoms with E-state index in [0.717, 1.165) is 0 Å². The van der Waals surface area contributed by atoms with E-state index in [2.05, 4.69) is 10.4 Å². The number of carbonyl (C=O) groups excluding carboxylic acids is 2. The van der Waals surface area contributed by atoms with Gasteiger partial charge in [-0.05, 0) is 19.1 Å². The average Bonchev–Trinajstić information content (AvgIpc) is 2.83. The quantitative estimate of drug-likeness (QED) is 0.661. The highest BCUT2D eigenvalue weighted by Gasteiger charge is 2.37. The van der Waals surface area contributed by atoms with Gasteiger partial charge in [0.15, 0.2) is 11.9 Å². The number of aromatic nitrogens is 1. The molecule has 100 valence electrons. The summed E-state index contributed by atoms with van der Waals surface area (Å²) in [5.74, 6) is 1.67. The van der Waals surface area contributed by atoms with E-state index in [0.29, 0.717) is 10.8 Å². The zero-order chi connectivity index (χ0) is 13.8. The molecule has 19 heavy (non-hydrogen) atoms. The Balaban J connectivity index is 2.33. The van der Waals surface area contributed by atoms with E-state index in [9.17, 15) is 9.59 Å². The Labute approximate surface area is 115 Å². The van der Waals surface area contributed by atoms with Crippen LogP contribution in [-0.2, 0) is 14.3 Å². The van der Waals surface area contributed by atoms with Crippen molar-refractivity contribution in [2.24, 2.45) is 0 Å². The number of hydrazine groups is 1. The number of pyridine rings is 1. The average molecular weight is 282 g/mol. The van der Waals surface area contributed by atoms with Gasteiger partial charge in [0.1, 0.15) is 11.6 Å². The van der Waals surface area contributed by atoms with Gasteiger partial charge in [-0.2, -0.15) is 0 Å². The minimum absolute atomic E-state index is 0.190. The first kappa shape index (κ1) is 13.4. The predicted molar refractivity (Wildman–Crippen MR) is 69.1 cm³/mol. The summed E-state index contributed by atoms with van der Waals surface area (Å²) < 4.78 is 4.98. The molecule has 7 heteroatoms. The number of esters is 1. The zero-order valence-electron chi connectivity index (χ0n) is 10.2. The maximum atomic E-state index is 11.9. The van der Waals surface area contributed by atoms with Crippen LogP contribution in [0.25, 0.3) is 0 Å². The van der Waals surface area contributed by atoms with Crippen molar-refractivity contribution in [2.75, 3.05) is 11.6 Å². The fraction of sp³-hybridized carbons (Fsp3) is 0.333. The zero-order valence-corrected chi connectivity index (χ0v) is 11.0. The van der Waals surface area contributed by atoms with E-state index in [4.69, 9.17) is 16.3 Å². The smallest absolute Gasteiger partial charge is 0.331 e. The van der Waals surface area contributed by atoms with E-state index in [-0.39, 0.29) is 18.7 Å². The van der Waals surface area contributed by atoms with Gasteiger partial charge in [-0.15, -0.1) is 0 Å². The standard InChI is InChI=1S/C12H12ClN3O3/c1-2-19-12(18)10-6-8(7-17)15-16(10)11-9(13)4-3-5-14-11/h3-5,10,15H,2,6H2,1H3. The first-order valence-electron chi connectivity index (χ1n) is 5.74. The van der Waals surface area contributed by atoms with Crippen molar-refractivity contribution < 1.29 is 14.3 Å². The number of ether oxygens (including phenoxy) is 1. The van der Waals surface area contributed by atoms with Crippen molar-refractivity contribution >= 4 is 29.3 Å². The van der Waals surface area contributed by atoms with Gasteiger partial charge in [-0.3, -0.25) is 10.4 Å². The molecule has 0 aliphatic carbocycles. The summed E-state index contributed by atoms with van der Waals surface area (Å²) in [6.45, 7) is 1.98. The summed E-state index contributed by atoms with van der Waals surface area (Å²) in [7, 11) is 0. The molecule has 1 aromatic rings. The Morgan fingerprint density at radius 1 is 1.74 bits per heavy atom. The number of hydrogen-bond acceptors (Lipinski definition) is 6. The lowest BCUT2D eigenvalue weighted by atomic mass is 10.2. The van der Waals surface area contributed by atoms with Crippen molar-refractivity contribution in [3.05, 3.63) is 29.0 Å². The maximum Gasteiger partial charge on any atom is 0.331 e. The van der Waals surface area contributed by atoms with Gasteiger partial charge in [0.2, 0.25) is 0 Å². The van der Waals surface area contributed by atoms with Crippen molar-refractivity contribution in [1.82, 2.24) is 10.4 Å². The van der Waals surface area contributed by atoms with Gasteiger partial charge >= 0.3 is 5.97 Å². The molecule has 1 unspecified atom stereocenters. The molecule has 1 N–H and O–H groups in total. The number of halogens is 1. The number of carbonyl (C=O) groups is 1. The Bertz CT molecular complexity index is 543. The molecule has 1 aliphatic rings. The highest BCUT2D eigenvalue weighted by molar-refractivity contribution is 6.33. The number of rotatable bonds is 3. The van der Waals surface area contributed by atoms with Gasteiger partial charge in [0.25, 0.3) is 0 Å². The summed E-state index contributed by atoms with van der Waals surface area (Å²) in [4.78, 5) is 26.7. The molecule has 1 atom stereocenters. The first-order valence-corrected chi connectivity index (χ1v) is 6.12. The fourth-order valence-electron chi connectivity index (χ4n) is 1.80. The molecule has 0 radical (unpaired) electrons. The third kappa shape index (κ3) is 2.70. The monoisotopic (exact) mass is 281 g/mol. The summed E-state index contributed by atoms with van der Waals surface area (Å²) >= 11 is 6.04. The largest absolute Gasteiger partial charge is 0.464 e. The lowest BCUT2D eigenvalue weighted by molar-refractivity contribution is -0.144. The number of hydrogen-bond donors (Lipinski definition) is 1. The molecule has 1 aromatic heterocycles. The van der Waals surface area contributed by atoms with E-state index in [1.807, 2.05) is 0 Å². The fourth-order valence-corrected chi connectivity index (χ4v) is 2.01. The SMILES string of the molecule is CCOC(=O)C1CC(=C=O)NN1c1ncccc1Cl. The lowest BCUT2D eigenvalue weighted by Gasteiger charge is -2.23. The molecule has 1 saturated heterocycles. The van der Waals surface area contributed by atoms with Crippen molar-refractivity contribution in [3.8, 4) is 0 Å². The lowest BCUT2D eigenvalue weighted by Crippen LogP contribution is -2.43. The second-order valence-corrected chi connectivity index (χ2v) is 4.25. The molecule has 1 fully saturated rings. The number of nitrogens with zero attached hydrogens (tertiary/aromatic N) is 2. The summed E-state index contributed by atoms with van der Waals surface area (Å²) in [6.07, 6.45) is 1.74. The van der Waals surface area contributed by atoms with E-state index in [1.165, 1.54) is 5.01 Å². The molecular weight excluding hydrogens is 270 g/mol. The van der Waals surface area contributed by atoms with Gasteiger partial charge in [-0.1, -0.05) is 11.6 Å². The van der Waals surface area contributed by atoms with Crippen LogP contribution >= 0.6 is 11.6 Å². The van der Waals surface area contributed by atoms with Gasteiger partial charge < -0.3 is 4.74 Å². The highest BCUT2D eigenvalue weighted by Crippen LogP contribution is 2.28. The maximum absolute atomic E-state index is 11.9. The molecule has 0 amide bonds. The topological polar surface area (TPSA) is 71.5 Å². The van der Waals surface area contributed by atoms with Crippen LogP contribution in [-0.4, -0.2) is 29.5 Å². The normalized spacial score (nSPS) is 17.9. The van der Waals surface area contributed by atoms with Crippen LogP contribution < -0.4 is 10.4 Å². The van der Waals surface area contributed by atoms with Crippen LogP contribution in [0, 0.1) is 0 Å². The van der Waals surface area contributed by atoms with E-state index >= 15 is 0 Å². The molecular formula is C12H12ClN3O3. The van der Waals surface area contributed by atoms with Crippen LogP contribution in [0.3, 0.4) is 0 Å². The minimum Gasteiger partial charge on any atom is -0.464 e. The van der Waals surface area contributed by atoms with Crippen LogP contribution in [0.5, 0.6) is 0 Å². The van der Waals surface area contributed by atoms with Crippen LogP contribution in [0.4, 0.5) is 5.82 Å². The van der Waals surface area contributed by atoms with Crippen LogP contribution in [0.15, 0.2) is 24.0 Å². The Morgan fingerprint density at radius 3 is 3.16 bits per heavy atom. The molecule has 2 heterocycles. The molecule has 0 saturated carbocycles. The molecule has 0 spiro atoms. The molecule has 0 aromatic carbocycles. The molecule has 6 nitrogen and oxygen atoms in total. The summed E-state index contributed by atoms with van der Waals surface area (Å²) in [6, 6.07) is 2.65. The van der Waals surface area contributed by atoms with Crippen molar-refractivity contribution in [3.63, 3.8) is 0 Å². The van der Waals surface area contributed by atoms with Gasteiger partial charge in [0, 0.05) is 12.6 Å². The van der Waals surface area contributed by atoms with E-state index < -0.39 is 12.0 Å². The Kier molecular flexibility index (Phi) is 4.04. The Morgan fingerprint density at radius 2 is 2.53 bits per heavy atom. The summed E-state index contributed by atoms with van der Waals surface area (Å²) in [5, 5.41) is 1.80. The molecule has 1 aliphatic heterocycles. The highest BCUT2D eigenvalue weighted by atomic mass is 35.5. The predicted octanol–water partition coefficient (Wildman–Crippen LogP) is 1.10. The minimum atomic E-state index is -0.677. The van der Waals surface area contributed by atoms with Crippen molar-refractivity contribution in [2.45, 2.75) is 19.4 Å². The summed E-state index contributed by atoms with van der Waals surface area (Å²) in [5.41, 5.74) is 3.03. The third-order valence-electron chi connectivity index (χ3n) is 2.61. The van der Waals surface area contributed by atoms with Gasteiger partial charge in [-0.25, -0.2) is 14.6 Å². The third-order valence-corrected chi connectivity index (χ3v) is 2.91. The van der Waals surface area contributed by atoms with Crippen LogP contribution in [0.1, 0.15) is 13.3 Å². The molecule has 2 rings (SSSR count). The second-order valence-electron chi connectivity index (χ2n) is 3.84. The van der Waals surface area contributed by atoms with Crippen LogP contribution in [0.2, 0.25) is 5.02 Å². The first-order chi connectivity index (χ1) is 9.17. The second kappa shape index (κ2) is 5.73. The van der Waals surface area contributed by atoms with Crippen molar-refractivity contribution in [1.29, 1.82) is 0 Å². The number of anilines is 1. The molecule has 0 bridgehead atoms.